The highest BCUT2D eigenvalue weighted by molar-refractivity contribution is 7.14. The summed E-state index contributed by atoms with van der Waals surface area (Å²) in [5.74, 6) is 0.611. The molecule has 0 spiro atoms. The van der Waals surface area contributed by atoms with Gasteiger partial charge in [-0.15, -0.1) is 11.3 Å². The third kappa shape index (κ3) is 2.69. The summed E-state index contributed by atoms with van der Waals surface area (Å²) in [7, 11) is 0. The Morgan fingerprint density at radius 2 is 1.80 bits per heavy atom. The van der Waals surface area contributed by atoms with Gasteiger partial charge in [0.1, 0.15) is 11.2 Å². The van der Waals surface area contributed by atoms with Gasteiger partial charge in [0, 0.05) is 34.4 Å². The predicted octanol–water partition coefficient (Wildman–Crippen LogP) is 5.43. The molecule has 8 heteroatoms. The highest BCUT2D eigenvalue weighted by atomic mass is 32.1. The van der Waals surface area contributed by atoms with E-state index in [2.05, 4.69) is 31.2 Å². The zero-order valence-electron chi connectivity index (χ0n) is 15.4. The van der Waals surface area contributed by atoms with Gasteiger partial charge in [0.25, 0.3) is 0 Å². The zero-order valence-corrected chi connectivity index (χ0v) is 16.2. The van der Waals surface area contributed by atoms with E-state index < -0.39 is 0 Å². The average molecular weight is 412 g/mol. The molecule has 1 aromatic carbocycles. The molecule has 0 aliphatic rings. The Morgan fingerprint density at radius 3 is 2.63 bits per heavy atom. The Balaban J connectivity index is 1.52. The number of pyridine rings is 2. The number of aromatic nitrogens is 6. The SMILES string of the molecule is Fc1ccc(-c2ccnc3[nH]c(-c4n[nH]c5ccc(-c6ccncc6)cc45)nc23)s1. The molecule has 2 N–H and O–H groups in total. The van der Waals surface area contributed by atoms with E-state index in [1.54, 1.807) is 24.7 Å². The summed E-state index contributed by atoms with van der Waals surface area (Å²) in [5, 5.41) is 8.28. The van der Waals surface area contributed by atoms with Crippen molar-refractivity contribution < 1.29 is 4.39 Å². The van der Waals surface area contributed by atoms with Gasteiger partial charge in [0.2, 0.25) is 0 Å². The van der Waals surface area contributed by atoms with Gasteiger partial charge in [-0.05, 0) is 53.6 Å². The minimum atomic E-state index is -0.229. The summed E-state index contributed by atoms with van der Waals surface area (Å²) >= 11 is 1.09. The van der Waals surface area contributed by atoms with E-state index in [0.717, 1.165) is 43.8 Å². The zero-order chi connectivity index (χ0) is 20.1. The summed E-state index contributed by atoms with van der Waals surface area (Å²) in [4.78, 5) is 17.3. The van der Waals surface area contributed by atoms with E-state index in [0.29, 0.717) is 22.7 Å². The van der Waals surface area contributed by atoms with Crippen molar-refractivity contribution in [2.75, 3.05) is 0 Å². The molecule has 6 nitrogen and oxygen atoms in total. The Bertz CT molecular complexity index is 1520. The van der Waals surface area contributed by atoms with Crippen LogP contribution in [-0.2, 0) is 0 Å². The van der Waals surface area contributed by atoms with Gasteiger partial charge >= 0.3 is 0 Å². The molecule has 0 radical (unpaired) electrons. The molecule has 6 aromatic rings. The second-order valence-electron chi connectivity index (χ2n) is 6.81. The fourth-order valence-corrected chi connectivity index (χ4v) is 4.36. The molecule has 0 fully saturated rings. The number of hydrogen-bond donors (Lipinski definition) is 2. The van der Waals surface area contributed by atoms with Crippen molar-refractivity contribution in [3.63, 3.8) is 0 Å². The van der Waals surface area contributed by atoms with E-state index >= 15 is 0 Å². The van der Waals surface area contributed by atoms with Crippen LogP contribution < -0.4 is 0 Å². The lowest BCUT2D eigenvalue weighted by Crippen LogP contribution is -1.83. The third-order valence-corrected chi connectivity index (χ3v) is 5.93. The molecule has 5 aromatic heterocycles. The first-order valence-corrected chi connectivity index (χ1v) is 10.1. The van der Waals surface area contributed by atoms with Crippen molar-refractivity contribution in [3.8, 4) is 33.1 Å². The predicted molar refractivity (Wildman–Crippen MR) is 115 cm³/mol. The van der Waals surface area contributed by atoms with Crippen LogP contribution in [0.1, 0.15) is 0 Å². The Hall–Kier alpha value is -3.91. The van der Waals surface area contributed by atoms with Crippen LogP contribution in [0.4, 0.5) is 4.39 Å². The van der Waals surface area contributed by atoms with Gasteiger partial charge in [0.15, 0.2) is 16.6 Å². The van der Waals surface area contributed by atoms with Crippen LogP contribution in [0, 0.1) is 5.13 Å². The second-order valence-corrected chi connectivity index (χ2v) is 7.85. The van der Waals surface area contributed by atoms with Crippen molar-refractivity contribution in [3.05, 3.63) is 72.3 Å². The number of thiophene rings is 1. The minimum Gasteiger partial charge on any atom is -0.321 e. The van der Waals surface area contributed by atoms with Crippen LogP contribution >= 0.6 is 11.3 Å². The maximum absolute atomic E-state index is 13.6. The smallest absolute Gasteiger partial charge is 0.176 e. The molecule has 6 rings (SSSR count). The minimum absolute atomic E-state index is 0.229. The Morgan fingerprint density at radius 1 is 0.900 bits per heavy atom. The lowest BCUT2D eigenvalue weighted by Gasteiger charge is -2.01. The first-order valence-electron chi connectivity index (χ1n) is 9.25. The molecule has 144 valence electrons. The number of aromatic amines is 2. The number of nitrogens with zero attached hydrogens (tertiary/aromatic N) is 4. The summed E-state index contributed by atoms with van der Waals surface area (Å²) in [6.07, 6.45) is 5.24. The quantitative estimate of drug-likeness (QED) is 0.406. The molecule has 0 bridgehead atoms. The highest BCUT2D eigenvalue weighted by Crippen LogP contribution is 2.34. The maximum Gasteiger partial charge on any atom is 0.176 e. The normalized spacial score (nSPS) is 11.5. The maximum atomic E-state index is 13.6. The number of H-pyrrole nitrogens is 2. The summed E-state index contributed by atoms with van der Waals surface area (Å²) in [5.41, 5.74) is 5.94. The van der Waals surface area contributed by atoms with Gasteiger partial charge in [-0.3, -0.25) is 10.1 Å². The molecule has 0 saturated carbocycles. The largest absolute Gasteiger partial charge is 0.321 e. The average Bonchev–Trinajstić information content (AvgIpc) is 3.51. The molecule has 0 aliphatic heterocycles. The van der Waals surface area contributed by atoms with Gasteiger partial charge < -0.3 is 4.98 Å². The Kier molecular flexibility index (Phi) is 3.72. The first-order chi connectivity index (χ1) is 14.8. The van der Waals surface area contributed by atoms with Crippen molar-refractivity contribution in [2.24, 2.45) is 0 Å². The Labute approximate surface area is 173 Å². The van der Waals surface area contributed by atoms with Crippen molar-refractivity contribution in [2.45, 2.75) is 0 Å². The number of hydrogen-bond acceptors (Lipinski definition) is 5. The number of rotatable bonds is 3. The fourth-order valence-electron chi connectivity index (χ4n) is 3.60. The molecular formula is C22H13FN6S. The molecule has 5 heterocycles. The number of nitrogens with one attached hydrogen (secondary N) is 2. The summed E-state index contributed by atoms with van der Waals surface area (Å²) in [6, 6.07) is 15.1. The molecule has 0 saturated heterocycles. The van der Waals surface area contributed by atoms with Gasteiger partial charge in [-0.25, -0.2) is 9.97 Å². The second kappa shape index (κ2) is 6.57. The van der Waals surface area contributed by atoms with Gasteiger partial charge in [-0.1, -0.05) is 6.07 Å². The van der Waals surface area contributed by atoms with Crippen LogP contribution in [0.5, 0.6) is 0 Å². The summed E-state index contributed by atoms with van der Waals surface area (Å²) < 4.78 is 13.6. The standard InChI is InChI=1S/C22H13FN6S/c23-18-4-3-17(30-18)14-7-10-25-21-19(14)26-22(27-21)20-15-11-13(1-2-16(15)28-29-20)12-5-8-24-9-6-12/h1-11H,(H,28,29)(H,25,26,27). The van der Waals surface area contributed by atoms with E-state index in [9.17, 15) is 4.39 Å². The van der Waals surface area contributed by atoms with Gasteiger partial charge in [0.05, 0.1) is 5.52 Å². The van der Waals surface area contributed by atoms with E-state index in [1.165, 1.54) is 6.07 Å². The van der Waals surface area contributed by atoms with Crippen molar-refractivity contribution >= 4 is 33.4 Å². The van der Waals surface area contributed by atoms with Crippen LogP contribution in [-0.4, -0.2) is 30.1 Å². The number of fused-ring (bicyclic) bond motifs is 2. The van der Waals surface area contributed by atoms with Crippen LogP contribution in [0.15, 0.2) is 67.1 Å². The van der Waals surface area contributed by atoms with E-state index in [4.69, 9.17) is 4.98 Å². The summed E-state index contributed by atoms with van der Waals surface area (Å²) in [6.45, 7) is 0. The molecular weight excluding hydrogens is 399 g/mol. The molecule has 0 atom stereocenters. The number of benzene rings is 1. The van der Waals surface area contributed by atoms with Gasteiger partial charge in [-0.2, -0.15) is 9.49 Å². The van der Waals surface area contributed by atoms with E-state index in [-0.39, 0.29) is 5.13 Å². The van der Waals surface area contributed by atoms with Crippen molar-refractivity contribution in [1.82, 2.24) is 30.1 Å². The van der Waals surface area contributed by atoms with Crippen molar-refractivity contribution in [1.29, 1.82) is 0 Å². The van der Waals surface area contributed by atoms with Crippen LogP contribution in [0.2, 0.25) is 0 Å². The number of halogens is 1. The molecule has 30 heavy (non-hydrogen) atoms. The van der Waals surface area contributed by atoms with Crippen LogP contribution in [0.25, 0.3) is 55.2 Å². The lowest BCUT2D eigenvalue weighted by molar-refractivity contribution is 0.657. The third-order valence-electron chi connectivity index (χ3n) is 5.02. The first kappa shape index (κ1) is 17.0. The molecule has 0 aliphatic carbocycles. The monoisotopic (exact) mass is 412 g/mol. The fraction of sp³-hybridized carbons (Fsp3) is 0. The lowest BCUT2D eigenvalue weighted by atomic mass is 10.0. The topological polar surface area (TPSA) is 83.1 Å². The number of imidazole rings is 1. The highest BCUT2D eigenvalue weighted by Gasteiger charge is 2.17. The van der Waals surface area contributed by atoms with E-state index in [1.807, 2.05) is 30.3 Å². The molecule has 0 unspecified atom stereocenters. The van der Waals surface area contributed by atoms with Crippen LogP contribution in [0.3, 0.4) is 0 Å². The molecule has 0 amide bonds.